The first kappa shape index (κ1) is 24.4. The number of aromatic hydroxyl groups is 1. The molecule has 2 aromatic rings. The second-order valence-corrected chi connectivity index (χ2v) is 5.27. The molecule has 2 rings (SSSR count). The van der Waals surface area contributed by atoms with E-state index in [1.807, 2.05) is 18.2 Å². The van der Waals surface area contributed by atoms with Crippen LogP contribution in [0.2, 0.25) is 0 Å². The van der Waals surface area contributed by atoms with Crippen LogP contribution in [-0.4, -0.2) is 35.0 Å². The molecule has 27 heavy (non-hydrogen) atoms. The molecule has 0 atom stereocenters. The third-order valence-corrected chi connectivity index (χ3v) is 2.96. The number of methoxy groups -OCH3 is 1. The van der Waals surface area contributed by atoms with Crippen molar-refractivity contribution in [3.63, 3.8) is 0 Å². The Hall–Kier alpha value is -2.64. The number of para-hydroxylation sites is 1. The van der Waals surface area contributed by atoms with Crippen molar-refractivity contribution in [2.45, 2.75) is 26.8 Å². The van der Waals surface area contributed by atoms with Gasteiger partial charge in [0.25, 0.3) is 0 Å². The molecule has 8 heteroatoms. The molecule has 1 aromatic carbocycles. The van der Waals surface area contributed by atoms with Crippen molar-refractivity contribution in [1.82, 2.24) is 4.98 Å². The van der Waals surface area contributed by atoms with Crippen LogP contribution >= 0.6 is 0 Å². The maximum atomic E-state index is 10.0. The summed E-state index contributed by atoms with van der Waals surface area (Å²) in [6, 6.07) is 11.0. The van der Waals surface area contributed by atoms with Gasteiger partial charge in [-0.15, -0.1) is 0 Å². The predicted octanol–water partition coefficient (Wildman–Crippen LogP) is 2.85. The monoisotopic (exact) mass is 409 g/mol. The molecule has 0 bridgehead atoms. The number of aromatic nitrogens is 1. The average molecular weight is 409 g/mol. The van der Waals surface area contributed by atoms with Gasteiger partial charge in [0, 0.05) is 18.0 Å². The third kappa shape index (κ3) is 10.8. The van der Waals surface area contributed by atoms with E-state index < -0.39 is 0 Å². The summed E-state index contributed by atoms with van der Waals surface area (Å²) in [7, 11) is 1.52. The summed E-state index contributed by atoms with van der Waals surface area (Å²) < 4.78 is 13.2. The molecule has 0 unspecified atom stereocenters. The summed E-state index contributed by atoms with van der Waals surface area (Å²) in [4.78, 5) is 28.5. The number of phenolic OH excluding ortho intramolecular Hbond substituents is 1. The van der Waals surface area contributed by atoms with E-state index in [4.69, 9.17) is 8.41 Å². The number of ketones is 2. The van der Waals surface area contributed by atoms with Crippen LogP contribution in [0.1, 0.15) is 31.5 Å². The summed E-state index contributed by atoms with van der Waals surface area (Å²) in [5.41, 5.74) is 1.52. The van der Waals surface area contributed by atoms with E-state index in [2.05, 4.69) is 9.98 Å². The topological polar surface area (TPSA) is 106 Å². The molecule has 0 spiro atoms. The molecule has 1 heterocycles. The SMILES string of the molecule is CC(=O)CC(C)=O.COc1cccc(C=NCc2ccccn2)c1O.[O]=[V]. The standard InChI is InChI=1S/C14H14N2O2.C5H8O2.O.V/c1-18-13-7-4-5-11(14(13)17)9-15-10-12-6-2-3-8-16-12;1-4(6)3-5(2)7;;/h2-9,17H,10H2,1H3;3H2,1-2H3;;. The molecule has 1 N–H and O–H groups in total. The minimum atomic E-state index is -0.0625. The van der Waals surface area contributed by atoms with E-state index >= 15 is 0 Å². The van der Waals surface area contributed by atoms with E-state index in [0.717, 1.165) is 23.1 Å². The van der Waals surface area contributed by atoms with E-state index in [1.165, 1.54) is 21.0 Å². The van der Waals surface area contributed by atoms with Crippen molar-refractivity contribution < 1.29 is 40.5 Å². The van der Waals surface area contributed by atoms with Gasteiger partial charge in [0.1, 0.15) is 11.6 Å². The number of aliphatic imine (C=N–C) groups is 1. The Kier molecular flexibility index (Phi) is 13.1. The number of ether oxygens (including phenoxy) is 1. The molecule has 0 aliphatic rings. The van der Waals surface area contributed by atoms with Gasteiger partial charge in [-0.3, -0.25) is 19.6 Å². The number of pyridine rings is 1. The molecular formula is C19H22N2O5V. The van der Waals surface area contributed by atoms with Gasteiger partial charge in [-0.25, -0.2) is 0 Å². The second-order valence-electron chi connectivity index (χ2n) is 5.27. The Morgan fingerprint density at radius 2 is 1.81 bits per heavy atom. The van der Waals surface area contributed by atoms with Crippen molar-refractivity contribution in [1.29, 1.82) is 0 Å². The predicted molar refractivity (Wildman–Crippen MR) is 96.9 cm³/mol. The zero-order valence-corrected chi connectivity index (χ0v) is 16.9. The number of hydrogen-bond acceptors (Lipinski definition) is 7. The van der Waals surface area contributed by atoms with Gasteiger partial charge in [0.05, 0.1) is 25.8 Å². The molecule has 0 saturated heterocycles. The quantitative estimate of drug-likeness (QED) is 0.581. The van der Waals surface area contributed by atoms with Crippen LogP contribution in [0.3, 0.4) is 0 Å². The molecule has 0 fully saturated rings. The molecule has 0 aliphatic carbocycles. The van der Waals surface area contributed by atoms with Crippen LogP contribution in [-0.2, 0) is 37.2 Å². The Bertz CT molecular complexity index is 739. The van der Waals surface area contributed by atoms with Gasteiger partial charge in [-0.1, -0.05) is 12.1 Å². The van der Waals surface area contributed by atoms with Crippen molar-refractivity contribution >= 4 is 17.8 Å². The summed E-state index contributed by atoms with van der Waals surface area (Å²) >= 11 is 1.06. The van der Waals surface area contributed by atoms with E-state index in [1.54, 1.807) is 30.6 Å². The normalized spacial score (nSPS) is 9.41. The van der Waals surface area contributed by atoms with Crippen LogP contribution in [0.25, 0.3) is 0 Å². The van der Waals surface area contributed by atoms with Gasteiger partial charge in [-0.2, -0.15) is 0 Å². The van der Waals surface area contributed by atoms with E-state index in [0.29, 0.717) is 17.9 Å². The van der Waals surface area contributed by atoms with Crippen LogP contribution in [0.5, 0.6) is 11.5 Å². The van der Waals surface area contributed by atoms with E-state index in [9.17, 15) is 14.7 Å². The summed E-state index contributed by atoms with van der Waals surface area (Å²) in [5.74, 6) is 0.418. The number of carbonyl (C=O) groups is 2. The Morgan fingerprint density at radius 1 is 1.15 bits per heavy atom. The van der Waals surface area contributed by atoms with Crippen molar-refractivity contribution in [2.24, 2.45) is 4.99 Å². The molecule has 0 amide bonds. The van der Waals surface area contributed by atoms with Gasteiger partial charge < -0.3 is 9.84 Å². The average Bonchev–Trinajstić information content (AvgIpc) is 2.65. The second kappa shape index (κ2) is 14.5. The number of carbonyl (C=O) groups excluding carboxylic acids is 2. The third-order valence-electron chi connectivity index (χ3n) is 2.96. The molecule has 0 radical (unpaired) electrons. The van der Waals surface area contributed by atoms with Crippen molar-refractivity contribution in [2.75, 3.05) is 7.11 Å². The molecule has 7 nitrogen and oxygen atoms in total. The fraction of sp³-hybridized carbons (Fsp3) is 0.263. The Morgan fingerprint density at radius 3 is 2.30 bits per heavy atom. The fourth-order valence-electron chi connectivity index (χ4n) is 1.89. The number of nitrogens with zero attached hydrogens (tertiary/aromatic N) is 2. The van der Waals surface area contributed by atoms with Crippen molar-refractivity contribution in [3.05, 3.63) is 53.9 Å². The molecule has 0 saturated carbocycles. The van der Waals surface area contributed by atoms with E-state index in [-0.39, 0.29) is 23.7 Å². The Balaban J connectivity index is 0.000000637. The molecule has 0 aliphatic heterocycles. The number of hydrogen-bond donors (Lipinski definition) is 1. The van der Waals surface area contributed by atoms with Crippen LogP contribution in [0.15, 0.2) is 47.6 Å². The van der Waals surface area contributed by atoms with Crippen LogP contribution in [0.4, 0.5) is 0 Å². The summed E-state index contributed by atoms with van der Waals surface area (Å²) in [6.45, 7) is 3.29. The number of rotatable bonds is 6. The number of phenols is 1. The maximum absolute atomic E-state index is 10.0. The molecular weight excluding hydrogens is 387 g/mol. The van der Waals surface area contributed by atoms with Gasteiger partial charge in [-0.05, 0) is 38.1 Å². The number of benzene rings is 1. The molecule has 1 aromatic heterocycles. The summed E-state index contributed by atoms with van der Waals surface area (Å²) in [5, 5.41) is 9.85. The zero-order chi connectivity index (χ0) is 20.7. The molecule has 143 valence electrons. The first-order valence-electron chi connectivity index (χ1n) is 7.87. The first-order chi connectivity index (χ1) is 12.9. The van der Waals surface area contributed by atoms with Gasteiger partial charge in [0.2, 0.25) is 0 Å². The fourth-order valence-corrected chi connectivity index (χ4v) is 1.89. The zero-order valence-electron chi connectivity index (χ0n) is 15.5. The number of Topliss-reactive ketones (excluding diaryl/α,β-unsaturated/α-hetero) is 2. The van der Waals surface area contributed by atoms with Crippen LogP contribution < -0.4 is 4.74 Å². The van der Waals surface area contributed by atoms with Gasteiger partial charge in [0.15, 0.2) is 11.5 Å². The Labute approximate surface area is 167 Å². The van der Waals surface area contributed by atoms with Crippen LogP contribution in [0, 0.1) is 0 Å². The van der Waals surface area contributed by atoms with Crippen molar-refractivity contribution in [3.8, 4) is 11.5 Å². The first-order valence-corrected chi connectivity index (χ1v) is 8.44. The summed E-state index contributed by atoms with van der Waals surface area (Å²) in [6.07, 6.45) is 3.43. The minimum absolute atomic E-state index is 0.0625. The van der Waals surface area contributed by atoms with Gasteiger partial charge >= 0.3 is 21.0 Å².